The fourth-order valence-corrected chi connectivity index (χ4v) is 2.87. The molecule has 0 radical (unpaired) electrons. The first-order valence-electron chi connectivity index (χ1n) is 6.30. The van der Waals surface area contributed by atoms with Crippen LogP contribution in [-0.2, 0) is 6.54 Å². The maximum atomic E-state index is 9.68. The van der Waals surface area contributed by atoms with E-state index in [1.165, 1.54) is 6.07 Å². The molecule has 1 aliphatic rings. The number of nitrogens with one attached hydrogen (secondary N) is 1. The summed E-state index contributed by atoms with van der Waals surface area (Å²) in [6, 6.07) is 8.24. The van der Waals surface area contributed by atoms with Gasteiger partial charge in [-0.3, -0.25) is 0 Å². The van der Waals surface area contributed by atoms with Crippen molar-refractivity contribution in [3.8, 4) is 17.2 Å². The predicted octanol–water partition coefficient (Wildman–Crippen LogP) is 2.69. The molecule has 4 N–H and O–H groups in total. The third-order valence-corrected chi connectivity index (χ3v) is 4.11. The van der Waals surface area contributed by atoms with Gasteiger partial charge in [0.15, 0.2) is 11.5 Å². The summed E-state index contributed by atoms with van der Waals surface area (Å²) in [5.41, 5.74) is 2.78. The number of aromatic hydroxyl groups is 3. The summed E-state index contributed by atoms with van der Waals surface area (Å²) in [6.07, 6.45) is 0. The van der Waals surface area contributed by atoms with Crippen LogP contribution >= 0.6 is 11.6 Å². The van der Waals surface area contributed by atoms with Crippen molar-refractivity contribution >= 4 is 11.6 Å². The van der Waals surface area contributed by atoms with Crippen LogP contribution in [0.25, 0.3) is 0 Å². The summed E-state index contributed by atoms with van der Waals surface area (Å²) in [4.78, 5) is 0. The fraction of sp³-hybridized carbons (Fsp3) is 0.200. The van der Waals surface area contributed by atoms with Crippen molar-refractivity contribution in [2.45, 2.75) is 12.5 Å². The molecule has 3 rings (SSSR count). The van der Waals surface area contributed by atoms with E-state index in [-0.39, 0.29) is 23.2 Å². The van der Waals surface area contributed by atoms with E-state index in [2.05, 4.69) is 5.32 Å². The molecule has 1 aliphatic heterocycles. The molecule has 2 aromatic carbocycles. The zero-order valence-corrected chi connectivity index (χ0v) is 11.4. The maximum Gasteiger partial charge on any atom is 0.157 e. The molecule has 0 amide bonds. The minimum absolute atomic E-state index is 0.0170. The third-order valence-electron chi connectivity index (χ3n) is 3.69. The number of phenols is 3. The minimum Gasteiger partial charge on any atom is -0.506 e. The smallest absolute Gasteiger partial charge is 0.157 e. The van der Waals surface area contributed by atoms with E-state index in [0.29, 0.717) is 18.1 Å². The second-order valence-electron chi connectivity index (χ2n) is 4.90. The largest absolute Gasteiger partial charge is 0.506 e. The molecule has 0 spiro atoms. The van der Waals surface area contributed by atoms with Crippen molar-refractivity contribution in [3.63, 3.8) is 0 Å². The highest BCUT2D eigenvalue weighted by atomic mass is 35.5. The maximum absolute atomic E-state index is 9.68. The van der Waals surface area contributed by atoms with Crippen LogP contribution in [0, 0.1) is 0 Å². The minimum atomic E-state index is -0.139. The summed E-state index contributed by atoms with van der Waals surface area (Å²) in [5, 5.41) is 32.3. The van der Waals surface area contributed by atoms with Gasteiger partial charge in [0, 0.05) is 19.0 Å². The molecule has 2 aromatic rings. The second-order valence-corrected chi connectivity index (χ2v) is 5.28. The molecule has 0 saturated heterocycles. The Morgan fingerprint density at radius 3 is 2.50 bits per heavy atom. The Labute approximate surface area is 121 Å². The first-order valence-corrected chi connectivity index (χ1v) is 6.68. The molecule has 0 saturated carbocycles. The van der Waals surface area contributed by atoms with Crippen LogP contribution in [0.3, 0.4) is 0 Å². The van der Waals surface area contributed by atoms with Crippen molar-refractivity contribution < 1.29 is 15.3 Å². The van der Waals surface area contributed by atoms with E-state index >= 15 is 0 Å². The summed E-state index contributed by atoms with van der Waals surface area (Å²) >= 11 is 6.14. The lowest BCUT2D eigenvalue weighted by atomic mass is 9.85. The van der Waals surface area contributed by atoms with Crippen molar-refractivity contribution in [2.24, 2.45) is 0 Å². The highest BCUT2D eigenvalue weighted by molar-refractivity contribution is 6.32. The molecular weight excluding hydrogens is 278 g/mol. The number of halogens is 1. The molecule has 104 valence electrons. The molecule has 20 heavy (non-hydrogen) atoms. The van der Waals surface area contributed by atoms with Gasteiger partial charge in [0.25, 0.3) is 0 Å². The highest BCUT2D eigenvalue weighted by Gasteiger charge is 2.25. The molecule has 5 heteroatoms. The summed E-state index contributed by atoms with van der Waals surface area (Å²) in [5.74, 6) is -0.189. The Bertz CT molecular complexity index is 672. The monoisotopic (exact) mass is 291 g/mol. The molecular formula is C15H14ClNO3. The van der Waals surface area contributed by atoms with Crippen LogP contribution in [0.5, 0.6) is 17.2 Å². The Kier molecular flexibility index (Phi) is 3.20. The van der Waals surface area contributed by atoms with Crippen LogP contribution in [0.15, 0.2) is 30.3 Å². The van der Waals surface area contributed by atoms with Gasteiger partial charge < -0.3 is 20.6 Å². The topological polar surface area (TPSA) is 72.7 Å². The average Bonchev–Trinajstić information content (AvgIpc) is 2.45. The lowest BCUT2D eigenvalue weighted by molar-refractivity contribution is 0.402. The molecule has 0 bridgehead atoms. The number of rotatable bonds is 1. The number of hydrogen-bond donors (Lipinski definition) is 4. The molecule has 1 heterocycles. The van der Waals surface area contributed by atoms with Gasteiger partial charge >= 0.3 is 0 Å². The van der Waals surface area contributed by atoms with Crippen molar-refractivity contribution in [1.82, 2.24) is 5.32 Å². The van der Waals surface area contributed by atoms with E-state index in [4.69, 9.17) is 11.6 Å². The van der Waals surface area contributed by atoms with Crippen LogP contribution in [0.4, 0.5) is 0 Å². The van der Waals surface area contributed by atoms with E-state index in [1.807, 2.05) is 6.07 Å². The molecule has 1 atom stereocenters. The molecule has 0 fully saturated rings. The predicted molar refractivity (Wildman–Crippen MR) is 76.4 cm³/mol. The molecule has 4 nitrogen and oxygen atoms in total. The SMILES string of the molecule is Oc1ccc(C2CNCc3c2ccc(O)c3Cl)cc1O. The number of hydrogen-bond acceptors (Lipinski definition) is 4. The third kappa shape index (κ3) is 2.07. The van der Waals surface area contributed by atoms with E-state index in [0.717, 1.165) is 16.7 Å². The van der Waals surface area contributed by atoms with Gasteiger partial charge in [-0.1, -0.05) is 23.7 Å². The van der Waals surface area contributed by atoms with Crippen LogP contribution in [0.2, 0.25) is 5.02 Å². The normalized spacial score (nSPS) is 17.8. The standard InChI is InChI=1S/C15H14ClNO3/c16-15-11-7-17-6-10(9(11)2-4-13(15)19)8-1-3-12(18)14(20)5-8/h1-5,10,17-20H,6-7H2. The summed E-state index contributed by atoms with van der Waals surface area (Å²) in [6.45, 7) is 1.31. The van der Waals surface area contributed by atoms with Gasteiger partial charge in [-0.25, -0.2) is 0 Å². The van der Waals surface area contributed by atoms with E-state index in [9.17, 15) is 15.3 Å². The van der Waals surface area contributed by atoms with Crippen LogP contribution in [-0.4, -0.2) is 21.9 Å². The zero-order valence-electron chi connectivity index (χ0n) is 10.6. The van der Waals surface area contributed by atoms with Gasteiger partial charge in [-0.05, 0) is 34.9 Å². The van der Waals surface area contributed by atoms with Crippen LogP contribution < -0.4 is 5.32 Å². The highest BCUT2D eigenvalue weighted by Crippen LogP contribution is 2.39. The summed E-state index contributed by atoms with van der Waals surface area (Å²) in [7, 11) is 0. The van der Waals surface area contributed by atoms with Crippen molar-refractivity contribution in [3.05, 3.63) is 52.0 Å². The lowest BCUT2D eigenvalue weighted by Crippen LogP contribution is -2.29. The second kappa shape index (κ2) is 4.89. The van der Waals surface area contributed by atoms with Gasteiger partial charge in [-0.2, -0.15) is 0 Å². The Morgan fingerprint density at radius 1 is 1.00 bits per heavy atom. The number of fused-ring (bicyclic) bond motifs is 1. The van der Waals surface area contributed by atoms with E-state index in [1.54, 1.807) is 18.2 Å². The molecule has 1 unspecified atom stereocenters. The van der Waals surface area contributed by atoms with Crippen LogP contribution in [0.1, 0.15) is 22.6 Å². The van der Waals surface area contributed by atoms with Crippen molar-refractivity contribution in [2.75, 3.05) is 6.54 Å². The van der Waals surface area contributed by atoms with E-state index < -0.39 is 0 Å². The first kappa shape index (κ1) is 13.1. The lowest BCUT2D eigenvalue weighted by Gasteiger charge is -2.28. The fourth-order valence-electron chi connectivity index (χ4n) is 2.64. The molecule has 0 aliphatic carbocycles. The Morgan fingerprint density at radius 2 is 1.75 bits per heavy atom. The van der Waals surface area contributed by atoms with Gasteiger partial charge in [0.1, 0.15) is 5.75 Å². The summed E-state index contributed by atoms with van der Waals surface area (Å²) < 4.78 is 0. The Hall–Kier alpha value is -1.91. The zero-order chi connectivity index (χ0) is 14.3. The van der Waals surface area contributed by atoms with Gasteiger partial charge in [0.05, 0.1) is 5.02 Å². The molecule has 0 aromatic heterocycles. The van der Waals surface area contributed by atoms with Crippen molar-refractivity contribution in [1.29, 1.82) is 0 Å². The quantitative estimate of drug-likeness (QED) is 0.610. The number of phenolic OH excluding ortho intramolecular Hbond substituents is 3. The average molecular weight is 292 g/mol. The first-order chi connectivity index (χ1) is 9.58. The van der Waals surface area contributed by atoms with Gasteiger partial charge in [0.2, 0.25) is 0 Å². The van der Waals surface area contributed by atoms with Gasteiger partial charge in [-0.15, -0.1) is 0 Å². The Balaban J connectivity index is 2.10. The number of benzene rings is 2.